The van der Waals surface area contributed by atoms with Gasteiger partial charge in [0.2, 0.25) is 0 Å². The van der Waals surface area contributed by atoms with Gasteiger partial charge in [0.15, 0.2) is 0 Å². The highest BCUT2D eigenvalue weighted by atomic mass is 35.5. The zero-order valence-electron chi connectivity index (χ0n) is 8.42. The van der Waals surface area contributed by atoms with Crippen LogP contribution in [0.25, 0.3) is 0 Å². The zero-order valence-corrected chi connectivity index (χ0v) is 10.1. The molecule has 1 rings (SSSR count). The van der Waals surface area contributed by atoms with E-state index in [0.717, 1.165) is 23.7 Å². The molecule has 0 unspecified atom stereocenters. The van der Waals surface area contributed by atoms with E-state index >= 15 is 0 Å². The lowest BCUT2D eigenvalue weighted by Gasteiger charge is -2.12. The van der Waals surface area contributed by atoms with E-state index in [1.54, 1.807) is 0 Å². The third-order valence-corrected chi connectivity index (χ3v) is 2.44. The number of benzene rings is 1. The van der Waals surface area contributed by atoms with Gasteiger partial charge in [0.25, 0.3) is 0 Å². The molecular weight excluding hydrogens is 216 g/mol. The molecule has 0 aromatic heterocycles. The van der Waals surface area contributed by atoms with Crippen LogP contribution in [-0.2, 0) is 0 Å². The lowest BCUT2D eigenvalue weighted by molar-refractivity contribution is 0.425. The minimum atomic E-state index is 0.716. The molecule has 0 spiro atoms. The van der Waals surface area contributed by atoms with Gasteiger partial charge in [0.1, 0.15) is 0 Å². The topological polar surface area (TPSA) is 15.3 Å². The molecule has 0 fully saturated rings. The van der Waals surface area contributed by atoms with Crippen molar-refractivity contribution in [2.24, 2.45) is 0 Å². The summed E-state index contributed by atoms with van der Waals surface area (Å²) in [5, 5.41) is 4.01. The summed E-state index contributed by atoms with van der Waals surface area (Å²) in [6.45, 7) is 1.90. The number of halogens is 1. The molecule has 0 amide bonds. The molecule has 0 saturated heterocycles. The molecule has 1 aromatic rings. The molecular formula is C10H15ClN2S. The molecule has 1 aromatic carbocycles. The van der Waals surface area contributed by atoms with Crippen molar-refractivity contribution in [2.45, 2.75) is 4.90 Å². The molecule has 2 nitrogen and oxygen atoms in total. The van der Waals surface area contributed by atoms with Gasteiger partial charge in [-0.25, -0.2) is 0 Å². The number of rotatable bonds is 4. The second-order valence-corrected chi connectivity index (χ2v) is 4.31. The van der Waals surface area contributed by atoms with Gasteiger partial charge in [-0.1, -0.05) is 11.6 Å². The number of hydrogen-bond acceptors (Lipinski definition) is 3. The van der Waals surface area contributed by atoms with Crippen LogP contribution in [0, 0.1) is 0 Å². The average molecular weight is 231 g/mol. The minimum absolute atomic E-state index is 0.716. The number of likely N-dealkylation sites (N-methyl/N-ethyl adjacent to an activating group) is 1. The first-order valence-corrected chi connectivity index (χ1v) is 5.29. The standard InChI is InChI=1S/C10H15ClN2S/c1-13(2)6-5-12-9-4-3-8(11)7-10(9)14/h3-4,7,12,14H,5-6H2,1-2H3. The third kappa shape index (κ3) is 3.78. The maximum Gasteiger partial charge on any atom is 0.0477 e. The van der Waals surface area contributed by atoms with Crippen molar-refractivity contribution >= 4 is 29.9 Å². The van der Waals surface area contributed by atoms with E-state index in [1.165, 1.54) is 0 Å². The summed E-state index contributed by atoms with van der Waals surface area (Å²) in [6.07, 6.45) is 0. The van der Waals surface area contributed by atoms with Crippen LogP contribution >= 0.6 is 24.2 Å². The van der Waals surface area contributed by atoms with Gasteiger partial charge in [-0.15, -0.1) is 12.6 Å². The van der Waals surface area contributed by atoms with E-state index in [9.17, 15) is 0 Å². The Bertz CT molecular complexity index is 302. The second kappa shape index (κ2) is 5.49. The van der Waals surface area contributed by atoms with E-state index in [0.29, 0.717) is 5.02 Å². The van der Waals surface area contributed by atoms with Crippen LogP contribution in [0.1, 0.15) is 0 Å². The first-order chi connectivity index (χ1) is 6.59. The lowest BCUT2D eigenvalue weighted by Crippen LogP contribution is -2.20. The first kappa shape index (κ1) is 11.7. The van der Waals surface area contributed by atoms with Crippen molar-refractivity contribution in [3.63, 3.8) is 0 Å². The molecule has 0 atom stereocenters. The van der Waals surface area contributed by atoms with Gasteiger partial charge in [-0.3, -0.25) is 0 Å². The molecule has 14 heavy (non-hydrogen) atoms. The Labute approximate surface area is 95.7 Å². The summed E-state index contributed by atoms with van der Waals surface area (Å²) in [5.41, 5.74) is 1.03. The molecule has 78 valence electrons. The maximum absolute atomic E-state index is 5.82. The average Bonchev–Trinajstić information content (AvgIpc) is 2.08. The van der Waals surface area contributed by atoms with Crippen LogP contribution in [-0.4, -0.2) is 32.1 Å². The van der Waals surface area contributed by atoms with Crippen molar-refractivity contribution in [1.82, 2.24) is 4.90 Å². The first-order valence-electron chi connectivity index (χ1n) is 4.46. The Kier molecular flexibility index (Phi) is 4.58. The van der Waals surface area contributed by atoms with Crippen molar-refractivity contribution < 1.29 is 0 Å². The van der Waals surface area contributed by atoms with E-state index in [-0.39, 0.29) is 0 Å². The Balaban J connectivity index is 2.51. The number of nitrogens with zero attached hydrogens (tertiary/aromatic N) is 1. The fourth-order valence-electron chi connectivity index (χ4n) is 1.07. The largest absolute Gasteiger partial charge is 0.383 e. The fraction of sp³-hybridized carbons (Fsp3) is 0.400. The Morgan fingerprint density at radius 3 is 2.71 bits per heavy atom. The summed E-state index contributed by atoms with van der Waals surface area (Å²) >= 11 is 10.1. The molecule has 0 aliphatic rings. The van der Waals surface area contributed by atoms with Gasteiger partial charge in [-0.2, -0.15) is 0 Å². The van der Waals surface area contributed by atoms with Crippen molar-refractivity contribution in [3.05, 3.63) is 23.2 Å². The normalized spacial score (nSPS) is 10.6. The SMILES string of the molecule is CN(C)CCNc1ccc(Cl)cc1S. The number of anilines is 1. The molecule has 0 aliphatic heterocycles. The van der Waals surface area contributed by atoms with Crippen LogP contribution in [0.15, 0.2) is 23.1 Å². The van der Waals surface area contributed by atoms with Crippen LogP contribution in [0.5, 0.6) is 0 Å². The molecule has 0 bridgehead atoms. The minimum Gasteiger partial charge on any atom is -0.383 e. The number of thiol groups is 1. The predicted molar refractivity (Wildman–Crippen MR) is 65.7 cm³/mol. The van der Waals surface area contributed by atoms with Gasteiger partial charge < -0.3 is 10.2 Å². The van der Waals surface area contributed by atoms with Gasteiger partial charge in [0, 0.05) is 28.7 Å². The van der Waals surface area contributed by atoms with Crippen LogP contribution in [0.4, 0.5) is 5.69 Å². The molecule has 0 heterocycles. The zero-order chi connectivity index (χ0) is 10.6. The van der Waals surface area contributed by atoms with Gasteiger partial charge in [0.05, 0.1) is 0 Å². The molecule has 4 heteroatoms. The van der Waals surface area contributed by atoms with E-state index in [4.69, 9.17) is 11.6 Å². The molecule has 0 saturated carbocycles. The maximum atomic E-state index is 5.82. The molecule has 0 radical (unpaired) electrons. The summed E-state index contributed by atoms with van der Waals surface area (Å²) in [4.78, 5) is 3.01. The highest BCUT2D eigenvalue weighted by Crippen LogP contribution is 2.23. The predicted octanol–water partition coefficient (Wildman–Crippen LogP) is 2.60. The van der Waals surface area contributed by atoms with Crippen LogP contribution in [0.3, 0.4) is 0 Å². The van der Waals surface area contributed by atoms with Crippen LogP contribution < -0.4 is 5.32 Å². The summed E-state index contributed by atoms with van der Waals surface area (Å²) in [5.74, 6) is 0. The van der Waals surface area contributed by atoms with Crippen molar-refractivity contribution in [2.75, 3.05) is 32.5 Å². The van der Waals surface area contributed by atoms with Gasteiger partial charge in [-0.05, 0) is 32.3 Å². The lowest BCUT2D eigenvalue weighted by atomic mass is 10.3. The number of hydrogen-bond donors (Lipinski definition) is 2. The van der Waals surface area contributed by atoms with E-state index in [2.05, 4.69) is 22.8 Å². The Morgan fingerprint density at radius 1 is 1.43 bits per heavy atom. The highest BCUT2D eigenvalue weighted by Gasteiger charge is 1.98. The summed E-state index contributed by atoms with van der Waals surface area (Å²) < 4.78 is 0. The third-order valence-electron chi connectivity index (χ3n) is 1.83. The quantitative estimate of drug-likeness (QED) is 0.774. The molecule has 1 N–H and O–H groups in total. The summed E-state index contributed by atoms with van der Waals surface area (Å²) in [6, 6.07) is 5.64. The van der Waals surface area contributed by atoms with Crippen LogP contribution in [0.2, 0.25) is 5.02 Å². The molecule has 0 aliphatic carbocycles. The van der Waals surface area contributed by atoms with E-state index < -0.39 is 0 Å². The Morgan fingerprint density at radius 2 is 2.14 bits per heavy atom. The second-order valence-electron chi connectivity index (χ2n) is 3.39. The Hall–Kier alpha value is -0.380. The monoisotopic (exact) mass is 230 g/mol. The van der Waals surface area contributed by atoms with Gasteiger partial charge >= 0.3 is 0 Å². The smallest absolute Gasteiger partial charge is 0.0477 e. The highest BCUT2D eigenvalue weighted by molar-refractivity contribution is 7.80. The fourth-order valence-corrected chi connectivity index (χ4v) is 1.61. The van der Waals surface area contributed by atoms with E-state index in [1.807, 2.05) is 32.3 Å². The number of nitrogens with one attached hydrogen (secondary N) is 1. The summed E-state index contributed by atoms with van der Waals surface area (Å²) in [7, 11) is 4.09. The van der Waals surface area contributed by atoms with Crippen molar-refractivity contribution in [1.29, 1.82) is 0 Å². The van der Waals surface area contributed by atoms with Crippen molar-refractivity contribution in [3.8, 4) is 0 Å².